The van der Waals surface area contributed by atoms with Gasteiger partial charge in [-0.3, -0.25) is 4.79 Å². The van der Waals surface area contributed by atoms with Crippen LogP contribution >= 0.6 is 0 Å². The molecule has 3 heterocycles. The summed E-state index contributed by atoms with van der Waals surface area (Å²) in [7, 11) is -3.97. The Kier molecular flexibility index (Phi) is 5.39. The average Bonchev–Trinajstić information content (AvgIpc) is 3.57. The fraction of sp³-hybridized carbons (Fsp3) is 0.190. The van der Waals surface area contributed by atoms with Gasteiger partial charge in [-0.1, -0.05) is 0 Å². The van der Waals surface area contributed by atoms with Gasteiger partial charge in [0, 0.05) is 35.8 Å². The van der Waals surface area contributed by atoms with E-state index < -0.39 is 27.8 Å². The van der Waals surface area contributed by atoms with Crippen molar-refractivity contribution in [1.82, 2.24) is 24.6 Å². The Morgan fingerprint density at radius 3 is 2.37 bits per heavy atom. The van der Waals surface area contributed by atoms with Crippen molar-refractivity contribution in [3.63, 3.8) is 0 Å². The SMILES string of the molecule is O=C(Nc1ccc(S(=O)(=O)Nc2ncccn2)cc1)c1cc2nc(C3CC3)cc(C(F)(F)F)n2n1. The molecule has 0 saturated heterocycles. The Bertz CT molecular complexity index is 1520. The molecule has 10 nitrogen and oxygen atoms in total. The molecule has 5 rings (SSSR count). The lowest BCUT2D eigenvalue weighted by Gasteiger charge is -2.10. The molecule has 1 aliphatic rings. The molecule has 4 aromatic rings. The molecule has 1 fully saturated rings. The van der Waals surface area contributed by atoms with E-state index in [2.05, 4.69) is 30.1 Å². The van der Waals surface area contributed by atoms with Crippen molar-refractivity contribution < 1.29 is 26.4 Å². The van der Waals surface area contributed by atoms with Crippen LogP contribution in [0.3, 0.4) is 0 Å². The van der Waals surface area contributed by atoms with Crippen LogP contribution in [0, 0.1) is 0 Å². The highest BCUT2D eigenvalue weighted by Crippen LogP contribution is 2.41. The second-order valence-corrected chi connectivity index (χ2v) is 9.48. The van der Waals surface area contributed by atoms with E-state index in [1.165, 1.54) is 48.8 Å². The van der Waals surface area contributed by atoms with E-state index >= 15 is 0 Å². The summed E-state index contributed by atoms with van der Waals surface area (Å²) in [6.45, 7) is 0. The largest absolute Gasteiger partial charge is 0.433 e. The minimum absolute atomic E-state index is 0.0222. The molecule has 0 spiro atoms. The topological polar surface area (TPSA) is 131 Å². The zero-order valence-corrected chi connectivity index (χ0v) is 18.5. The van der Waals surface area contributed by atoms with Gasteiger partial charge in [0.2, 0.25) is 5.95 Å². The molecule has 0 atom stereocenters. The molecular weight excluding hydrogens is 487 g/mol. The average molecular weight is 503 g/mol. The maximum Gasteiger partial charge on any atom is 0.433 e. The van der Waals surface area contributed by atoms with E-state index in [-0.39, 0.29) is 33.8 Å². The van der Waals surface area contributed by atoms with E-state index in [0.29, 0.717) is 10.2 Å². The number of carbonyl (C=O) groups is 1. The van der Waals surface area contributed by atoms with Gasteiger partial charge >= 0.3 is 6.18 Å². The smallest absolute Gasteiger partial charge is 0.321 e. The Balaban J connectivity index is 1.36. The monoisotopic (exact) mass is 503 g/mol. The number of hydrogen-bond donors (Lipinski definition) is 2. The molecule has 3 aromatic heterocycles. The van der Waals surface area contributed by atoms with Gasteiger partial charge in [0.25, 0.3) is 15.9 Å². The zero-order valence-electron chi connectivity index (χ0n) is 17.7. The van der Waals surface area contributed by atoms with Crippen LogP contribution in [0.5, 0.6) is 0 Å². The highest BCUT2D eigenvalue weighted by atomic mass is 32.2. The Morgan fingerprint density at radius 2 is 1.74 bits per heavy atom. The van der Waals surface area contributed by atoms with Gasteiger partial charge in [0.15, 0.2) is 11.3 Å². The molecular formula is C21H16F3N7O3S. The van der Waals surface area contributed by atoms with Crippen molar-refractivity contribution in [2.24, 2.45) is 0 Å². The third-order valence-corrected chi connectivity index (χ3v) is 6.52. The van der Waals surface area contributed by atoms with Crippen molar-refractivity contribution in [2.75, 3.05) is 10.0 Å². The quantitative estimate of drug-likeness (QED) is 0.412. The lowest BCUT2D eigenvalue weighted by atomic mass is 10.2. The van der Waals surface area contributed by atoms with E-state index in [0.717, 1.165) is 18.9 Å². The maximum absolute atomic E-state index is 13.6. The van der Waals surface area contributed by atoms with Crippen molar-refractivity contribution in [2.45, 2.75) is 29.8 Å². The van der Waals surface area contributed by atoms with Gasteiger partial charge in [-0.2, -0.15) is 18.3 Å². The first kappa shape index (κ1) is 22.7. The van der Waals surface area contributed by atoms with Crippen LogP contribution < -0.4 is 10.0 Å². The molecule has 35 heavy (non-hydrogen) atoms. The second kappa shape index (κ2) is 8.30. The molecule has 1 aromatic carbocycles. The molecule has 0 aliphatic heterocycles. The van der Waals surface area contributed by atoms with Crippen molar-refractivity contribution in [3.8, 4) is 0 Å². The molecule has 0 bridgehead atoms. The summed E-state index contributed by atoms with van der Waals surface area (Å²) in [4.78, 5) is 24.4. The number of nitrogens with zero attached hydrogens (tertiary/aromatic N) is 5. The van der Waals surface area contributed by atoms with E-state index in [4.69, 9.17) is 0 Å². The summed E-state index contributed by atoms with van der Waals surface area (Å²) in [5.41, 5.74) is -0.821. The first-order chi connectivity index (χ1) is 16.6. The summed E-state index contributed by atoms with van der Waals surface area (Å²) < 4.78 is 68.4. The van der Waals surface area contributed by atoms with Crippen LogP contribution in [0.15, 0.2) is 59.8 Å². The molecule has 14 heteroatoms. The minimum atomic E-state index is -4.68. The fourth-order valence-electron chi connectivity index (χ4n) is 3.34. The molecule has 1 amide bonds. The third-order valence-electron chi connectivity index (χ3n) is 5.18. The molecule has 1 aliphatic carbocycles. The Morgan fingerprint density at radius 1 is 1.06 bits per heavy atom. The standard InChI is InChI=1S/C21H16F3N7O3S/c22-21(23,24)17-10-15(12-2-3-12)28-18-11-16(29-31(17)18)19(32)27-13-4-6-14(7-5-13)35(33,34)30-20-25-8-1-9-26-20/h1,4-12H,2-3H2,(H,27,32)(H,25,26,30). The van der Waals surface area contributed by atoms with Crippen LogP contribution in [0.4, 0.5) is 24.8 Å². The van der Waals surface area contributed by atoms with Gasteiger partial charge in [-0.15, -0.1) is 0 Å². The Hall–Kier alpha value is -4.07. The number of nitrogens with one attached hydrogen (secondary N) is 2. The number of carbonyl (C=O) groups excluding carboxylic acids is 1. The molecule has 0 unspecified atom stereocenters. The van der Waals surface area contributed by atoms with Gasteiger partial charge in [-0.05, 0) is 49.2 Å². The van der Waals surface area contributed by atoms with Gasteiger partial charge < -0.3 is 5.32 Å². The number of sulfonamides is 1. The number of rotatable bonds is 6. The maximum atomic E-state index is 13.6. The zero-order chi connectivity index (χ0) is 24.8. The number of amides is 1. The lowest BCUT2D eigenvalue weighted by Crippen LogP contribution is -2.16. The highest BCUT2D eigenvalue weighted by Gasteiger charge is 2.37. The first-order valence-electron chi connectivity index (χ1n) is 10.3. The summed E-state index contributed by atoms with van der Waals surface area (Å²) in [6, 6.07) is 8.83. The number of fused-ring (bicyclic) bond motifs is 1. The number of hydrogen-bond acceptors (Lipinski definition) is 7. The number of halogens is 3. The molecule has 2 N–H and O–H groups in total. The number of aromatic nitrogens is 5. The van der Waals surface area contributed by atoms with E-state index in [9.17, 15) is 26.4 Å². The van der Waals surface area contributed by atoms with Crippen molar-refractivity contribution >= 4 is 33.2 Å². The summed E-state index contributed by atoms with van der Waals surface area (Å²) in [5.74, 6) is -0.901. The lowest BCUT2D eigenvalue weighted by molar-refractivity contribution is -0.142. The number of anilines is 2. The minimum Gasteiger partial charge on any atom is -0.321 e. The highest BCUT2D eigenvalue weighted by molar-refractivity contribution is 7.92. The predicted octanol–water partition coefficient (Wildman–Crippen LogP) is 3.47. The van der Waals surface area contributed by atoms with Gasteiger partial charge in [-0.25, -0.2) is 32.6 Å². The first-order valence-corrected chi connectivity index (χ1v) is 11.8. The van der Waals surface area contributed by atoms with Gasteiger partial charge in [0.1, 0.15) is 5.69 Å². The normalized spacial score (nSPS) is 14.1. The van der Waals surface area contributed by atoms with Crippen LogP contribution in [-0.4, -0.2) is 38.9 Å². The van der Waals surface area contributed by atoms with Crippen molar-refractivity contribution in [3.05, 3.63) is 71.9 Å². The second-order valence-electron chi connectivity index (χ2n) is 7.79. The number of benzene rings is 1. The Labute approximate surface area is 196 Å². The fourth-order valence-corrected chi connectivity index (χ4v) is 4.30. The van der Waals surface area contributed by atoms with Crippen molar-refractivity contribution in [1.29, 1.82) is 0 Å². The summed E-state index contributed by atoms with van der Waals surface area (Å²) in [6.07, 6.45) is -0.390. The molecule has 180 valence electrons. The number of alkyl halides is 3. The third kappa shape index (κ3) is 4.77. The summed E-state index contributed by atoms with van der Waals surface area (Å²) >= 11 is 0. The van der Waals surface area contributed by atoms with E-state index in [1.807, 2.05) is 0 Å². The van der Waals surface area contributed by atoms with Crippen LogP contribution in [0.2, 0.25) is 0 Å². The predicted molar refractivity (Wildman–Crippen MR) is 117 cm³/mol. The van der Waals surface area contributed by atoms with Crippen LogP contribution in [0.1, 0.15) is 40.6 Å². The van der Waals surface area contributed by atoms with Gasteiger partial charge in [0.05, 0.1) is 4.90 Å². The van der Waals surface area contributed by atoms with Crippen LogP contribution in [0.25, 0.3) is 5.65 Å². The molecule has 1 saturated carbocycles. The molecule has 0 radical (unpaired) electrons. The summed E-state index contributed by atoms with van der Waals surface area (Å²) in [5, 5.41) is 6.29. The van der Waals surface area contributed by atoms with Crippen LogP contribution in [-0.2, 0) is 16.2 Å². The van der Waals surface area contributed by atoms with E-state index in [1.54, 1.807) is 0 Å².